The predicted molar refractivity (Wildman–Crippen MR) is 70.2 cm³/mol. The van der Waals surface area contributed by atoms with E-state index < -0.39 is 11.2 Å². The van der Waals surface area contributed by atoms with Gasteiger partial charge in [-0.15, -0.1) is 0 Å². The summed E-state index contributed by atoms with van der Waals surface area (Å²) in [7, 11) is 0. The summed E-state index contributed by atoms with van der Waals surface area (Å²) in [6, 6.07) is 4.46. The Kier molecular flexibility index (Phi) is 4.65. The molecule has 3 nitrogen and oxygen atoms in total. The number of nitrogens with one attached hydrogen (secondary N) is 1. The lowest BCUT2D eigenvalue weighted by molar-refractivity contribution is -0.124. The number of carbonyl (C=O) groups excluding carboxylic acids is 1. The normalized spacial score (nSPS) is 14.2. The van der Waals surface area contributed by atoms with Crippen LogP contribution in [0.5, 0.6) is 0 Å². The number of benzene rings is 1. The number of anilines is 1. The van der Waals surface area contributed by atoms with E-state index in [2.05, 4.69) is 21.2 Å². The second kappa shape index (κ2) is 5.60. The quantitative estimate of drug-likeness (QED) is 0.898. The minimum atomic E-state index is -0.621. The monoisotopic (exact) mass is 302 g/mol. The van der Waals surface area contributed by atoms with Crippen LogP contribution in [-0.2, 0) is 4.79 Å². The number of amides is 1. The highest BCUT2D eigenvalue weighted by Gasteiger charge is 2.29. The predicted octanol–water partition coefficient (Wildman–Crippen LogP) is 2.90. The lowest BCUT2D eigenvalue weighted by atomic mass is 9.86. The van der Waals surface area contributed by atoms with E-state index in [1.807, 2.05) is 6.92 Å². The molecule has 0 spiro atoms. The van der Waals surface area contributed by atoms with Gasteiger partial charge >= 0.3 is 0 Å². The topological polar surface area (TPSA) is 55.1 Å². The molecule has 0 saturated carbocycles. The molecule has 17 heavy (non-hydrogen) atoms. The van der Waals surface area contributed by atoms with Gasteiger partial charge in [0.15, 0.2) is 0 Å². The molecule has 0 saturated heterocycles. The molecule has 0 bridgehead atoms. The van der Waals surface area contributed by atoms with Crippen LogP contribution in [-0.4, -0.2) is 12.5 Å². The van der Waals surface area contributed by atoms with Gasteiger partial charge in [-0.2, -0.15) is 0 Å². The fraction of sp³-hybridized carbons (Fsp3) is 0.417. The maximum Gasteiger partial charge on any atom is 0.231 e. The Balaban J connectivity index is 2.84. The first kappa shape index (κ1) is 14.1. The van der Waals surface area contributed by atoms with Crippen molar-refractivity contribution in [1.29, 1.82) is 0 Å². The highest BCUT2D eigenvalue weighted by atomic mass is 79.9. The van der Waals surface area contributed by atoms with Crippen molar-refractivity contribution in [1.82, 2.24) is 0 Å². The zero-order chi connectivity index (χ0) is 13.1. The van der Waals surface area contributed by atoms with Gasteiger partial charge in [0.05, 0.1) is 9.89 Å². The first-order valence-corrected chi connectivity index (χ1v) is 6.19. The van der Waals surface area contributed by atoms with Crippen molar-refractivity contribution in [3.63, 3.8) is 0 Å². The summed E-state index contributed by atoms with van der Waals surface area (Å²) in [5.74, 6) is -0.599. The van der Waals surface area contributed by atoms with Crippen LogP contribution in [0.15, 0.2) is 22.7 Å². The highest BCUT2D eigenvalue weighted by molar-refractivity contribution is 9.10. The summed E-state index contributed by atoms with van der Waals surface area (Å²) in [5.41, 5.74) is 5.40. The fourth-order valence-electron chi connectivity index (χ4n) is 1.25. The van der Waals surface area contributed by atoms with Crippen molar-refractivity contribution >= 4 is 27.5 Å². The van der Waals surface area contributed by atoms with E-state index in [1.165, 1.54) is 6.07 Å². The summed E-state index contributed by atoms with van der Waals surface area (Å²) < 4.78 is 13.6. The van der Waals surface area contributed by atoms with Gasteiger partial charge in [0.25, 0.3) is 0 Å². The molecule has 1 atom stereocenters. The van der Waals surface area contributed by atoms with E-state index in [9.17, 15) is 9.18 Å². The van der Waals surface area contributed by atoms with Crippen molar-refractivity contribution in [3.05, 3.63) is 28.5 Å². The number of hydrogen-bond donors (Lipinski definition) is 2. The largest absolute Gasteiger partial charge is 0.329 e. The molecule has 0 aliphatic heterocycles. The molecule has 0 aliphatic carbocycles. The van der Waals surface area contributed by atoms with Gasteiger partial charge in [-0.05, 0) is 47.5 Å². The van der Waals surface area contributed by atoms with Crippen LogP contribution >= 0.6 is 15.9 Å². The number of nitrogens with two attached hydrogens (primary N) is 1. The SMILES string of the molecule is CCC(C)(CN)C(=O)Nc1ccc(Br)c(F)c1. The van der Waals surface area contributed by atoms with Crippen molar-refractivity contribution in [2.45, 2.75) is 20.3 Å². The minimum absolute atomic E-state index is 0.191. The molecule has 0 heterocycles. The van der Waals surface area contributed by atoms with Crippen molar-refractivity contribution < 1.29 is 9.18 Å². The second-order valence-electron chi connectivity index (χ2n) is 4.20. The molecule has 1 aromatic rings. The average Bonchev–Trinajstić information content (AvgIpc) is 2.32. The molecule has 0 radical (unpaired) electrons. The number of halogens is 2. The number of hydrogen-bond acceptors (Lipinski definition) is 2. The van der Waals surface area contributed by atoms with Gasteiger partial charge in [0.1, 0.15) is 5.82 Å². The zero-order valence-electron chi connectivity index (χ0n) is 9.89. The van der Waals surface area contributed by atoms with Crippen LogP contribution < -0.4 is 11.1 Å². The van der Waals surface area contributed by atoms with Crippen LogP contribution in [0.25, 0.3) is 0 Å². The van der Waals surface area contributed by atoms with E-state index in [-0.39, 0.29) is 12.5 Å². The van der Waals surface area contributed by atoms with Crippen LogP contribution in [0.1, 0.15) is 20.3 Å². The molecule has 1 unspecified atom stereocenters. The van der Waals surface area contributed by atoms with Gasteiger partial charge in [0.2, 0.25) is 5.91 Å². The molecular weight excluding hydrogens is 287 g/mol. The molecule has 1 amide bonds. The van der Waals surface area contributed by atoms with E-state index >= 15 is 0 Å². The standard InChI is InChI=1S/C12H16BrFN2O/c1-3-12(2,7-15)11(17)16-8-4-5-9(13)10(14)6-8/h4-6H,3,7,15H2,1-2H3,(H,16,17). The van der Waals surface area contributed by atoms with Gasteiger partial charge in [0, 0.05) is 12.2 Å². The molecule has 0 aliphatic rings. The summed E-state index contributed by atoms with van der Waals surface area (Å²) in [5, 5.41) is 2.67. The number of rotatable bonds is 4. The van der Waals surface area contributed by atoms with E-state index in [1.54, 1.807) is 19.1 Å². The average molecular weight is 303 g/mol. The maximum absolute atomic E-state index is 13.3. The molecule has 5 heteroatoms. The molecule has 0 fully saturated rings. The summed E-state index contributed by atoms with van der Waals surface area (Å²) >= 11 is 3.05. The minimum Gasteiger partial charge on any atom is -0.329 e. The van der Waals surface area contributed by atoms with E-state index in [0.29, 0.717) is 16.6 Å². The smallest absolute Gasteiger partial charge is 0.231 e. The Morgan fingerprint density at radius 2 is 2.24 bits per heavy atom. The van der Waals surface area contributed by atoms with Gasteiger partial charge in [-0.25, -0.2) is 4.39 Å². The third-order valence-electron chi connectivity index (χ3n) is 2.96. The van der Waals surface area contributed by atoms with Crippen LogP contribution in [0.3, 0.4) is 0 Å². The van der Waals surface area contributed by atoms with Crippen molar-refractivity contribution in [2.75, 3.05) is 11.9 Å². The van der Waals surface area contributed by atoms with Crippen LogP contribution in [0.2, 0.25) is 0 Å². The summed E-state index contributed by atoms with van der Waals surface area (Å²) in [4.78, 5) is 12.0. The third kappa shape index (κ3) is 3.26. The van der Waals surface area contributed by atoms with Gasteiger partial charge in [-0.3, -0.25) is 4.79 Å². The second-order valence-corrected chi connectivity index (χ2v) is 5.06. The van der Waals surface area contributed by atoms with Crippen molar-refractivity contribution in [3.8, 4) is 0 Å². The number of carbonyl (C=O) groups is 1. The summed E-state index contributed by atoms with van der Waals surface area (Å²) in [6.45, 7) is 3.94. The zero-order valence-corrected chi connectivity index (χ0v) is 11.5. The Bertz CT molecular complexity index is 419. The first-order chi connectivity index (χ1) is 7.92. The Morgan fingerprint density at radius 1 is 1.59 bits per heavy atom. The molecule has 1 rings (SSSR count). The Labute approximate surface area is 109 Å². The fourth-order valence-corrected chi connectivity index (χ4v) is 1.50. The van der Waals surface area contributed by atoms with E-state index in [4.69, 9.17) is 5.73 Å². The van der Waals surface area contributed by atoms with Crippen LogP contribution in [0, 0.1) is 11.2 Å². The molecule has 1 aromatic carbocycles. The summed E-state index contributed by atoms with van der Waals surface area (Å²) in [6.07, 6.45) is 0.633. The van der Waals surface area contributed by atoms with Crippen molar-refractivity contribution in [2.24, 2.45) is 11.1 Å². The van der Waals surface area contributed by atoms with E-state index in [0.717, 1.165) is 0 Å². The maximum atomic E-state index is 13.3. The molecule has 3 N–H and O–H groups in total. The lowest BCUT2D eigenvalue weighted by Crippen LogP contribution is -2.39. The third-order valence-corrected chi connectivity index (χ3v) is 3.60. The van der Waals surface area contributed by atoms with Gasteiger partial charge < -0.3 is 11.1 Å². The lowest BCUT2D eigenvalue weighted by Gasteiger charge is -2.24. The molecular formula is C12H16BrFN2O. The molecule has 0 aromatic heterocycles. The molecule has 94 valence electrons. The van der Waals surface area contributed by atoms with Gasteiger partial charge in [-0.1, -0.05) is 6.92 Å². The Morgan fingerprint density at radius 3 is 2.71 bits per heavy atom. The first-order valence-electron chi connectivity index (χ1n) is 5.39. The highest BCUT2D eigenvalue weighted by Crippen LogP contribution is 2.24. The Hall–Kier alpha value is -0.940. The van der Waals surface area contributed by atoms with Crippen LogP contribution in [0.4, 0.5) is 10.1 Å².